The molecule has 0 saturated heterocycles. The summed E-state index contributed by atoms with van der Waals surface area (Å²) in [7, 11) is 0. The van der Waals surface area contributed by atoms with Crippen molar-refractivity contribution in [3.63, 3.8) is 0 Å². The second kappa shape index (κ2) is 22.8. The lowest BCUT2D eigenvalue weighted by Gasteiger charge is -2.24. The van der Waals surface area contributed by atoms with Gasteiger partial charge in [0, 0.05) is 13.0 Å². The van der Waals surface area contributed by atoms with Crippen LogP contribution in [-0.2, 0) is 25.6 Å². The Morgan fingerprint density at radius 2 is 1.49 bits per heavy atom. The highest BCUT2D eigenvalue weighted by Gasteiger charge is 2.27. The third-order valence-corrected chi connectivity index (χ3v) is 6.15. The third kappa shape index (κ3) is 18.6. The van der Waals surface area contributed by atoms with Crippen LogP contribution in [0.1, 0.15) is 48.4 Å². The summed E-state index contributed by atoms with van der Waals surface area (Å²) in [6.45, 7) is 8.02. The number of rotatable bonds is 14. The van der Waals surface area contributed by atoms with Crippen LogP contribution in [0.25, 0.3) is 0 Å². The van der Waals surface area contributed by atoms with Crippen LogP contribution in [0, 0.1) is 20.8 Å². The predicted molar refractivity (Wildman–Crippen MR) is 177 cm³/mol. The summed E-state index contributed by atoms with van der Waals surface area (Å²) in [5.74, 6) is -2.15. The number of carbonyl (C=O) groups excluding carboxylic acids is 4. The van der Waals surface area contributed by atoms with Crippen molar-refractivity contribution in [3.8, 4) is 5.75 Å². The molecule has 2 rings (SSSR count). The number of nitrogens with two attached hydrogens (primary N) is 5. The van der Waals surface area contributed by atoms with Crippen molar-refractivity contribution in [2.24, 2.45) is 33.7 Å². The molecule has 0 aromatic heterocycles. The first-order valence-corrected chi connectivity index (χ1v) is 14.7. The van der Waals surface area contributed by atoms with Crippen molar-refractivity contribution in [2.45, 2.75) is 65.5 Å². The van der Waals surface area contributed by atoms with E-state index in [2.05, 4.69) is 40.0 Å². The highest BCUT2D eigenvalue weighted by Crippen LogP contribution is 2.22. The largest absolute Gasteiger partial charge is 0.508 e. The molecule has 1 unspecified atom stereocenters. The number of nitrogens with one attached hydrogen (secondary N) is 3. The number of carbonyl (C=O) groups is 4. The van der Waals surface area contributed by atoms with Crippen molar-refractivity contribution >= 4 is 29.6 Å². The number of aromatic hydroxyl groups is 1. The minimum absolute atomic E-state index is 0.0960. The van der Waals surface area contributed by atoms with Crippen LogP contribution in [0.5, 0.6) is 5.75 Å². The minimum atomic E-state index is -1.01. The van der Waals surface area contributed by atoms with Gasteiger partial charge in [-0.25, -0.2) is 0 Å². The monoisotopic (exact) mass is 629 g/mol. The molecule has 2 atom stereocenters. The number of phenolic OH excluding ortho intramolecular Hbond substituents is 1. The molecule has 45 heavy (non-hydrogen) atoms. The second-order valence-electron chi connectivity index (χ2n) is 10.2. The molecule has 4 amide bonds. The van der Waals surface area contributed by atoms with Crippen LogP contribution in [0.2, 0.25) is 0 Å². The maximum absolute atomic E-state index is 13.0. The van der Waals surface area contributed by atoms with Gasteiger partial charge in [-0.05, 0) is 75.4 Å². The van der Waals surface area contributed by atoms with E-state index in [0.29, 0.717) is 13.0 Å². The molecule has 0 spiro atoms. The van der Waals surface area contributed by atoms with Crippen molar-refractivity contribution in [3.05, 3.63) is 64.7 Å². The maximum atomic E-state index is 13.0. The summed E-state index contributed by atoms with van der Waals surface area (Å²) < 4.78 is 0. The Hall–Kier alpha value is -4.69. The fourth-order valence-electron chi connectivity index (χ4n) is 3.89. The fraction of sp³-hybridized carbons (Fsp3) is 0.452. The number of aliphatic imine (C=N–C) groups is 1. The molecule has 0 saturated carbocycles. The molecule has 0 heterocycles. The Morgan fingerprint density at radius 1 is 0.889 bits per heavy atom. The number of phenols is 1. The van der Waals surface area contributed by atoms with Crippen LogP contribution in [0.4, 0.5) is 0 Å². The molecule has 0 aliphatic carbocycles. The highest BCUT2D eigenvalue weighted by molar-refractivity contribution is 5.93. The average molecular weight is 630 g/mol. The van der Waals surface area contributed by atoms with E-state index < -0.39 is 35.7 Å². The molecule has 0 bridgehead atoms. The van der Waals surface area contributed by atoms with Gasteiger partial charge in [0.25, 0.3) is 0 Å². The van der Waals surface area contributed by atoms with E-state index >= 15 is 0 Å². The fourth-order valence-corrected chi connectivity index (χ4v) is 3.89. The van der Waals surface area contributed by atoms with E-state index in [4.69, 9.17) is 28.7 Å². The van der Waals surface area contributed by atoms with Crippen molar-refractivity contribution in [1.29, 1.82) is 0 Å². The quantitative estimate of drug-likeness (QED) is 0.0960. The zero-order valence-electron chi connectivity index (χ0n) is 26.8. The number of hydrogen-bond acceptors (Lipinski definition) is 8. The highest BCUT2D eigenvalue weighted by atomic mass is 16.3. The Kier molecular flexibility index (Phi) is 20.4. The van der Waals surface area contributed by atoms with E-state index in [1.807, 2.05) is 25.1 Å². The van der Waals surface area contributed by atoms with Gasteiger partial charge >= 0.3 is 0 Å². The second-order valence-corrected chi connectivity index (χ2v) is 10.2. The molecule has 2 aromatic rings. The lowest BCUT2D eigenvalue weighted by Crippen LogP contribution is -2.55. The van der Waals surface area contributed by atoms with Gasteiger partial charge in [-0.3, -0.25) is 24.2 Å². The Labute approximate surface area is 265 Å². The predicted octanol–water partition coefficient (Wildman–Crippen LogP) is -0.515. The Balaban J connectivity index is 0.00000112. The molecule has 0 aliphatic heterocycles. The molecule has 14 N–H and O–H groups in total. The number of benzene rings is 2. The number of amides is 4. The van der Waals surface area contributed by atoms with E-state index in [1.165, 1.54) is 5.56 Å². The van der Waals surface area contributed by atoms with Gasteiger partial charge in [-0.1, -0.05) is 42.8 Å². The zero-order valence-corrected chi connectivity index (χ0v) is 26.8. The molecular weight excluding hydrogens is 578 g/mol. The summed E-state index contributed by atoms with van der Waals surface area (Å²) in [5, 5.41) is 17.3. The van der Waals surface area contributed by atoms with Crippen LogP contribution in [0.3, 0.4) is 0 Å². The third-order valence-electron chi connectivity index (χ3n) is 6.15. The van der Waals surface area contributed by atoms with Gasteiger partial charge in [-0.15, -0.1) is 0 Å². The van der Waals surface area contributed by atoms with E-state index in [9.17, 15) is 24.3 Å². The lowest BCUT2D eigenvalue weighted by molar-refractivity contribution is -0.132. The van der Waals surface area contributed by atoms with Gasteiger partial charge in [0.05, 0.1) is 13.1 Å². The van der Waals surface area contributed by atoms with Crippen LogP contribution < -0.4 is 44.6 Å². The van der Waals surface area contributed by atoms with Crippen LogP contribution >= 0.6 is 0 Å². The summed E-state index contributed by atoms with van der Waals surface area (Å²) in [4.78, 5) is 51.9. The standard InChI is InChI=1S/C20H32N6O5.C7H8.C4H11N3/c1-11-6-13(27)7-12(2)14(11)8-16(25-18(29)9-22)20(31)26-15(4-3-5-21)19(30)24-10-17(23)28;1-7-5-3-2-4-6-7;1-2-3-7-4(5)6/h6-7,15-16,27H,3-5,8-10,21-22H2,1-2H3,(H2,23,28)(H,24,30)(H,25,29)(H,26,31);2-6H,1H3;2-3H2,1H3,(H4,5,6,7)/t15?,16-;;/m0../s1. The first-order valence-electron chi connectivity index (χ1n) is 14.7. The average Bonchev–Trinajstić information content (AvgIpc) is 2.98. The Morgan fingerprint density at radius 3 is 1.91 bits per heavy atom. The first-order chi connectivity index (χ1) is 21.2. The zero-order chi connectivity index (χ0) is 34.4. The minimum Gasteiger partial charge on any atom is -0.508 e. The normalized spacial score (nSPS) is 11.2. The van der Waals surface area contributed by atoms with E-state index in [-0.39, 0.29) is 37.6 Å². The molecule has 0 aliphatic rings. The SMILES string of the molecule is CCCN=C(N)N.Cc1cc(O)cc(C)c1C[C@H](NC(=O)CN)C(=O)NC(CCCN)C(=O)NCC(N)=O.Cc1ccccc1. The van der Waals surface area contributed by atoms with Gasteiger partial charge in [0.2, 0.25) is 23.6 Å². The summed E-state index contributed by atoms with van der Waals surface area (Å²) in [6.07, 6.45) is 1.81. The van der Waals surface area contributed by atoms with Gasteiger partial charge in [0.1, 0.15) is 17.8 Å². The topological polar surface area (TPSA) is 267 Å². The molecule has 250 valence electrons. The summed E-state index contributed by atoms with van der Waals surface area (Å²) in [5.41, 5.74) is 29.5. The summed E-state index contributed by atoms with van der Waals surface area (Å²) >= 11 is 0. The van der Waals surface area contributed by atoms with Crippen molar-refractivity contribution in [1.82, 2.24) is 16.0 Å². The number of aryl methyl sites for hydroxylation is 3. The molecule has 14 heteroatoms. The van der Waals surface area contributed by atoms with Gasteiger partial charge < -0.3 is 49.7 Å². The molecule has 0 fully saturated rings. The first kappa shape index (κ1) is 40.3. The van der Waals surface area contributed by atoms with Crippen LogP contribution in [-0.4, -0.2) is 73.0 Å². The number of guanidine groups is 1. The molecule has 2 aromatic carbocycles. The van der Waals surface area contributed by atoms with Crippen molar-refractivity contribution in [2.75, 3.05) is 26.2 Å². The number of hydrogen-bond donors (Lipinski definition) is 9. The van der Waals surface area contributed by atoms with E-state index in [1.54, 1.807) is 26.0 Å². The lowest BCUT2D eigenvalue weighted by atomic mass is 9.95. The summed E-state index contributed by atoms with van der Waals surface area (Å²) in [6, 6.07) is 11.4. The Bertz CT molecular complexity index is 1210. The molecule has 14 nitrogen and oxygen atoms in total. The number of primary amides is 1. The molecule has 0 radical (unpaired) electrons. The smallest absolute Gasteiger partial charge is 0.243 e. The van der Waals surface area contributed by atoms with Crippen molar-refractivity contribution < 1.29 is 24.3 Å². The van der Waals surface area contributed by atoms with Gasteiger partial charge in [0.15, 0.2) is 5.96 Å². The number of nitrogens with zero attached hydrogens (tertiary/aromatic N) is 1. The molecular formula is C31H51N9O5. The van der Waals surface area contributed by atoms with E-state index in [0.717, 1.165) is 29.7 Å². The van der Waals surface area contributed by atoms with Gasteiger partial charge in [-0.2, -0.15) is 0 Å². The van der Waals surface area contributed by atoms with Crippen LogP contribution in [0.15, 0.2) is 47.5 Å². The maximum Gasteiger partial charge on any atom is 0.243 e.